The van der Waals surface area contributed by atoms with Gasteiger partial charge in [0.2, 0.25) is 5.91 Å². The van der Waals surface area contributed by atoms with Gasteiger partial charge in [-0.15, -0.1) is 0 Å². The standard InChI is InChI=1S/C35H37ClFN7O3/c1-8-26(45)42-14-15-43-25(18-42)34(46)41(7)32-31(43)22-16-23(36)29(27-21(17-40(5)6)10-9-11-24(27)37)39-33(22)44(35(32)47)30-20(4)12-13-38-28(30)19(2)3/h8-13,16,19,25H,1,14-15,17-18H2,2-7H3/t25-/m1/s1. The van der Waals surface area contributed by atoms with E-state index in [0.717, 1.165) is 5.56 Å². The van der Waals surface area contributed by atoms with Gasteiger partial charge in [-0.25, -0.2) is 9.37 Å². The Balaban J connectivity index is 1.74. The number of likely N-dealkylation sites (N-methyl/N-ethyl adjacent to an activating group) is 1. The molecule has 0 radical (unpaired) electrons. The Morgan fingerprint density at radius 1 is 1.17 bits per heavy atom. The van der Waals surface area contributed by atoms with Crippen LogP contribution in [0.1, 0.15) is 36.6 Å². The van der Waals surface area contributed by atoms with E-state index in [-0.39, 0.29) is 58.4 Å². The molecule has 1 aromatic carbocycles. The third-order valence-corrected chi connectivity index (χ3v) is 9.19. The van der Waals surface area contributed by atoms with Gasteiger partial charge in [0.15, 0.2) is 5.65 Å². The minimum atomic E-state index is -0.744. The first-order valence-corrected chi connectivity index (χ1v) is 15.9. The summed E-state index contributed by atoms with van der Waals surface area (Å²) in [6.07, 6.45) is 2.93. The van der Waals surface area contributed by atoms with Gasteiger partial charge in [0.25, 0.3) is 11.5 Å². The monoisotopic (exact) mass is 657 g/mol. The van der Waals surface area contributed by atoms with Crippen LogP contribution in [0.25, 0.3) is 28.0 Å². The molecule has 2 aliphatic rings. The van der Waals surface area contributed by atoms with Gasteiger partial charge in [0.1, 0.15) is 17.5 Å². The molecule has 3 aromatic heterocycles. The molecule has 1 fully saturated rings. The minimum Gasteiger partial charge on any atom is -0.354 e. The van der Waals surface area contributed by atoms with Crippen LogP contribution >= 0.6 is 11.6 Å². The number of pyridine rings is 3. The highest BCUT2D eigenvalue weighted by molar-refractivity contribution is 6.34. The van der Waals surface area contributed by atoms with Crippen LogP contribution in [0, 0.1) is 12.7 Å². The number of hydrogen-bond donors (Lipinski definition) is 0. The summed E-state index contributed by atoms with van der Waals surface area (Å²) >= 11 is 7.03. The molecule has 2 aliphatic heterocycles. The van der Waals surface area contributed by atoms with Gasteiger partial charge in [-0.1, -0.05) is 44.2 Å². The third kappa shape index (κ3) is 5.27. The van der Waals surface area contributed by atoms with Crippen molar-refractivity contribution in [3.05, 3.63) is 87.2 Å². The summed E-state index contributed by atoms with van der Waals surface area (Å²) in [4.78, 5) is 57.8. The molecule has 1 saturated heterocycles. The average Bonchev–Trinajstić information content (AvgIpc) is 3.03. The van der Waals surface area contributed by atoms with Crippen LogP contribution in [-0.2, 0) is 16.1 Å². The Hall–Kier alpha value is -4.61. The summed E-state index contributed by atoms with van der Waals surface area (Å²) in [5, 5.41) is 0.711. The smallest absolute Gasteiger partial charge is 0.283 e. The SMILES string of the molecule is C=CC(=O)N1CCN2c3c(c(=O)n(-c4c(C)ccnc4C(C)C)c4nc(-c5c(F)cccc5CN(C)C)c(Cl)cc34)N(C)C(=O)[C@H]2C1. The lowest BCUT2D eigenvalue weighted by atomic mass is 9.99. The summed E-state index contributed by atoms with van der Waals surface area (Å²) in [5.41, 5.74) is 3.60. The molecule has 0 N–H and O–H groups in total. The fraction of sp³-hybridized carbons (Fsp3) is 0.343. The molecule has 0 aliphatic carbocycles. The highest BCUT2D eigenvalue weighted by Gasteiger charge is 2.44. The van der Waals surface area contributed by atoms with Crippen LogP contribution in [0.4, 0.5) is 15.8 Å². The van der Waals surface area contributed by atoms with Gasteiger partial charge in [0, 0.05) is 43.8 Å². The molecule has 0 bridgehead atoms. The van der Waals surface area contributed by atoms with Gasteiger partial charge in [-0.05, 0) is 62.3 Å². The van der Waals surface area contributed by atoms with E-state index >= 15 is 4.39 Å². The molecule has 5 heterocycles. The van der Waals surface area contributed by atoms with E-state index in [1.807, 2.05) is 56.8 Å². The molecule has 6 rings (SSSR count). The Labute approximate surface area is 277 Å². The van der Waals surface area contributed by atoms with E-state index < -0.39 is 17.4 Å². The number of carbonyl (C=O) groups excluding carboxylic acids is 2. The first kappa shape index (κ1) is 32.3. The fourth-order valence-corrected chi connectivity index (χ4v) is 6.99. The zero-order chi connectivity index (χ0) is 33.9. The quantitative estimate of drug-likeness (QED) is 0.272. The Kier molecular flexibility index (Phi) is 8.39. The topological polar surface area (TPSA) is 94.9 Å². The van der Waals surface area contributed by atoms with Crippen LogP contribution in [-0.4, -0.2) is 83.0 Å². The van der Waals surface area contributed by atoms with Crippen molar-refractivity contribution in [2.45, 2.75) is 39.3 Å². The Bertz CT molecular complexity index is 2030. The molecule has 47 heavy (non-hydrogen) atoms. The number of halogens is 2. The maximum Gasteiger partial charge on any atom is 0.283 e. The lowest BCUT2D eigenvalue weighted by Gasteiger charge is -2.47. The van der Waals surface area contributed by atoms with Crippen molar-refractivity contribution >= 4 is 45.8 Å². The summed E-state index contributed by atoms with van der Waals surface area (Å²) in [7, 11) is 5.35. The number of aromatic nitrogens is 3. The number of anilines is 2. The van der Waals surface area contributed by atoms with Crippen molar-refractivity contribution in [2.75, 3.05) is 50.6 Å². The van der Waals surface area contributed by atoms with Crippen LogP contribution in [0.15, 0.2) is 54.0 Å². The Morgan fingerprint density at radius 3 is 2.60 bits per heavy atom. The molecule has 1 atom stereocenters. The van der Waals surface area contributed by atoms with Gasteiger partial charge < -0.3 is 19.6 Å². The van der Waals surface area contributed by atoms with Crippen LogP contribution < -0.4 is 15.4 Å². The van der Waals surface area contributed by atoms with Crippen LogP contribution in [0.3, 0.4) is 0 Å². The predicted octanol–water partition coefficient (Wildman–Crippen LogP) is 4.91. The zero-order valence-electron chi connectivity index (χ0n) is 27.3. The van der Waals surface area contributed by atoms with E-state index in [1.165, 1.54) is 21.6 Å². The van der Waals surface area contributed by atoms with Crippen LogP contribution in [0.2, 0.25) is 5.02 Å². The van der Waals surface area contributed by atoms with Crippen molar-refractivity contribution in [1.82, 2.24) is 24.3 Å². The van der Waals surface area contributed by atoms with Gasteiger partial charge >= 0.3 is 0 Å². The number of piperazine rings is 1. The lowest BCUT2D eigenvalue weighted by molar-refractivity contribution is -0.128. The summed E-state index contributed by atoms with van der Waals surface area (Å²) in [5.74, 6) is -1.14. The van der Waals surface area contributed by atoms with Crippen molar-refractivity contribution in [3.63, 3.8) is 0 Å². The molecule has 2 amide bonds. The minimum absolute atomic E-state index is 0.0628. The number of carbonyl (C=O) groups is 2. The molecule has 12 heteroatoms. The second-order valence-corrected chi connectivity index (χ2v) is 13.1. The summed E-state index contributed by atoms with van der Waals surface area (Å²) < 4.78 is 17.2. The molecular formula is C35H37ClFN7O3. The summed E-state index contributed by atoms with van der Waals surface area (Å²) in [6.45, 7) is 10.6. The molecule has 10 nitrogen and oxygen atoms in total. The van der Waals surface area contributed by atoms with Crippen molar-refractivity contribution in [1.29, 1.82) is 0 Å². The second kappa shape index (κ2) is 12.2. The van der Waals surface area contributed by atoms with Crippen molar-refractivity contribution < 1.29 is 14.0 Å². The maximum atomic E-state index is 15.7. The first-order chi connectivity index (χ1) is 22.3. The number of fused-ring (bicyclic) bond motifs is 5. The van der Waals surface area contributed by atoms with E-state index in [0.29, 0.717) is 41.1 Å². The number of nitrogens with zero attached hydrogens (tertiary/aromatic N) is 7. The number of rotatable bonds is 6. The lowest BCUT2D eigenvalue weighted by Crippen LogP contribution is -2.63. The second-order valence-electron chi connectivity index (χ2n) is 12.7. The highest BCUT2D eigenvalue weighted by Crippen LogP contribution is 2.44. The fourth-order valence-electron chi connectivity index (χ4n) is 6.75. The van der Waals surface area contributed by atoms with Crippen molar-refractivity contribution in [3.8, 4) is 16.9 Å². The molecule has 0 unspecified atom stereocenters. The number of amides is 2. The predicted molar refractivity (Wildman–Crippen MR) is 183 cm³/mol. The van der Waals surface area contributed by atoms with E-state index in [9.17, 15) is 14.4 Å². The molecule has 0 spiro atoms. The van der Waals surface area contributed by atoms with Crippen LogP contribution in [0.5, 0.6) is 0 Å². The molecule has 244 valence electrons. The zero-order valence-corrected chi connectivity index (χ0v) is 28.1. The maximum absolute atomic E-state index is 15.7. The van der Waals surface area contributed by atoms with Gasteiger partial charge in [0.05, 0.1) is 34.3 Å². The third-order valence-electron chi connectivity index (χ3n) is 8.91. The molecular weight excluding hydrogens is 621 g/mol. The Morgan fingerprint density at radius 2 is 1.91 bits per heavy atom. The number of aryl methyl sites for hydroxylation is 1. The normalized spacial score (nSPS) is 16.3. The first-order valence-electron chi connectivity index (χ1n) is 15.5. The summed E-state index contributed by atoms with van der Waals surface area (Å²) in [6, 6.07) is 7.64. The van der Waals surface area contributed by atoms with Crippen molar-refractivity contribution in [2.24, 2.45) is 0 Å². The van der Waals surface area contributed by atoms with E-state index in [1.54, 1.807) is 30.3 Å². The van der Waals surface area contributed by atoms with E-state index in [2.05, 4.69) is 11.6 Å². The largest absolute Gasteiger partial charge is 0.354 e. The molecule has 0 saturated carbocycles. The van der Waals surface area contributed by atoms with Gasteiger partial charge in [-0.2, -0.15) is 0 Å². The number of benzene rings is 1. The molecule has 4 aromatic rings. The van der Waals surface area contributed by atoms with E-state index in [4.69, 9.17) is 16.6 Å². The highest BCUT2D eigenvalue weighted by atomic mass is 35.5. The van der Waals surface area contributed by atoms with Gasteiger partial charge in [-0.3, -0.25) is 23.9 Å². The number of hydrogen-bond acceptors (Lipinski definition) is 7. The average molecular weight is 658 g/mol.